The van der Waals surface area contributed by atoms with E-state index in [9.17, 15) is 9.59 Å². The maximum Gasteiger partial charge on any atom is 0.338 e. The quantitative estimate of drug-likeness (QED) is 0.809. The molecule has 8 nitrogen and oxygen atoms in total. The van der Waals surface area contributed by atoms with E-state index in [1.165, 1.54) is 17.4 Å². The smallest absolute Gasteiger partial charge is 0.338 e. The summed E-state index contributed by atoms with van der Waals surface area (Å²) >= 11 is 0. The molecule has 0 bridgehead atoms. The second kappa shape index (κ2) is 8.28. The third kappa shape index (κ3) is 4.50. The van der Waals surface area contributed by atoms with E-state index in [4.69, 9.17) is 4.74 Å². The molecular weight excluding hydrogens is 346 g/mol. The van der Waals surface area contributed by atoms with Crippen molar-refractivity contribution < 1.29 is 14.3 Å². The van der Waals surface area contributed by atoms with Gasteiger partial charge in [-0.15, -0.1) is 5.10 Å². The zero-order chi connectivity index (χ0) is 19.4. The normalized spacial score (nSPS) is 23.4. The summed E-state index contributed by atoms with van der Waals surface area (Å²) in [5.41, 5.74) is 1.09. The predicted molar refractivity (Wildman–Crippen MR) is 98.1 cm³/mol. The second-order valence-corrected chi connectivity index (χ2v) is 7.23. The highest BCUT2D eigenvalue weighted by molar-refractivity contribution is 5.92. The molecule has 3 rings (SSSR count). The van der Waals surface area contributed by atoms with E-state index >= 15 is 0 Å². The molecule has 2 aromatic rings. The number of hydrogen-bond acceptors (Lipinski definition) is 6. The Hall–Kier alpha value is -2.77. The van der Waals surface area contributed by atoms with Crippen LogP contribution in [0.5, 0.6) is 0 Å². The Morgan fingerprint density at radius 3 is 2.63 bits per heavy atom. The maximum atomic E-state index is 12.4. The lowest BCUT2D eigenvalue weighted by Crippen LogP contribution is -2.47. The fourth-order valence-corrected chi connectivity index (χ4v) is 3.40. The molecule has 4 atom stereocenters. The predicted octanol–water partition coefficient (Wildman–Crippen LogP) is 2.15. The van der Waals surface area contributed by atoms with Crippen molar-refractivity contribution in [1.29, 1.82) is 0 Å². The van der Waals surface area contributed by atoms with Gasteiger partial charge in [-0.2, -0.15) is 0 Å². The summed E-state index contributed by atoms with van der Waals surface area (Å²) in [5, 5.41) is 14.0. The van der Waals surface area contributed by atoms with Crippen molar-refractivity contribution in [3.63, 3.8) is 0 Å². The van der Waals surface area contributed by atoms with Gasteiger partial charge in [0.25, 0.3) is 5.91 Å². The number of nitrogens with one attached hydrogen (secondary N) is 1. The summed E-state index contributed by atoms with van der Waals surface area (Å²) in [5.74, 6) is 0.218. The van der Waals surface area contributed by atoms with Gasteiger partial charge in [-0.25, -0.2) is 9.48 Å². The van der Waals surface area contributed by atoms with Crippen LogP contribution in [0.15, 0.2) is 30.6 Å². The van der Waals surface area contributed by atoms with Gasteiger partial charge in [0.2, 0.25) is 0 Å². The molecule has 144 valence electrons. The Morgan fingerprint density at radius 1 is 1.22 bits per heavy atom. The van der Waals surface area contributed by atoms with Crippen molar-refractivity contribution in [1.82, 2.24) is 25.5 Å². The zero-order valence-electron chi connectivity index (χ0n) is 15.8. The number of ether oxygens (including phenoxy) is 1. The summed E-state index contributed by atoms with van der Waals surface area (Å²) in [6.45, 7) is 5.97. The van der Waals surface area contributed by atoms with Gasteiger partial charge in [-0.3, -0.25) is 4.79 Å². The van der Waals surface area contributed by atoms with Gasteiger partial charge in [-0.05, 0) is 59.9 Å². The van der Waals surface area contributed by atoms with Crippen molar-refractivity contribution >= 4 is 11.9 Å². The van der Waals surface area contributed by atoms with Gasteiger partial charge in [0.05, 0.1) is 11.3 Å². The van der Waals surface area contributed by atoms with Crippen molar-refractivity contribution in [3.05, 3.63) is 36.2 Å². The molecule has 1 amide bonds. The molecule has 0 saturated heterocycles. The Labute approximate surface area is 158 Å². The van der Waals surface area contributed by atoms with Crippen LogP contribution in [0, 0.1) is 11.8 Å². The van der Waals surface area contributed by atoms with Crippen LogP contribution >= 0.6 is 0 Å². The Kier molecular flexibility index (Phi) is 5.83. The topological polar surface area (TPSA) is 99.0 Å². The van der Waals surface area contributed by atoms with Crippen LogP contribution in [0.25, 0.3) is 5.69 Å². The molecule has 0 aliphatic heterocycles. The van der Waals surface area contributed by atoms with Crippen molar-refractivity contribution in [2.75, 3.05) is 0 Å². The Bertz CT molecular complexity index is 775. The van der Waals surface area contributed by atoms with Gasteiger partial charge in [0, 0.05) is 6.04 Å². The summed E-state index contributed by atoms with van der Waals surface area (Å²) in [6, 6.07) is 6.80. The van der Waals surface area contributed by atoms with Crippen molar-refractivity contribution in [2.24, 2.45) is 11.8 Å². The minimum Gasteiger partial charge on any atom is -0.449 e. The molecule has 1 aliphatic carbocycles. The highest BCUT2D eigenvalue weighted by Gasteiger charge is 2.30. The van der Waals surface area contributed by atoms with Crippen LogP contribution in [0.4, 0.5) is 0 Å². The van der Waals surface area contributed by atoms with E-state index in [0.717, 1.165) is 18.5 Å². The number of tetrazole rings is 1. The van der Waals surface area contributed by atoms with Gasteiger partial charge in [0.15, 0.2) is 6.10 Å². The van der Waals surface area contributed by atoms with Crippen LogP contribution in [-0.4, -0.2) is 44.2 Å². The molecule has 1 heterocycles. The number of amides is 1. The first-order valence-corrected chi connectivity index (χ1v) is 9.30. The number of nitrogens with zero attached hydrogens (tertiary/aromatic N) is 4. The highest BCUT2D eigenvalue weighted by Crippen LogP contribution is 2.29. The standard InChI is InChI=1S/C19H25N5O3/c1-12-5-4-6-17(13(12)2)21-18(25)14(3)27-19(26)15-7-9-16(10-8-15)24-11-20-22-23-24/h7-14,17H,4-6H2,1-3H3,(H,21,25)/t12-,13-,14-,17-/m1/s1. The monoisotopic (exact) mass is 371 g/mol. The molecule has 1 aromatic carbocycles. The molecular formula is C19H25N5O3. The highest BCUT2D eigenvalue weighted by atomic mass is 16.5. The summed E-state index contributed by atoms with van der Waals surface area (Å²) in [7, 11) is 0. The average molecular weight is 371 g/mol. The van der Waals surface area contributed by atoms with Gasteiger partial charge < -0.3 is 10.1 Å². The maximum absolute atomic E-state index is 12.4. The fourth-order valence-electron chi connectivity index (χ4n) is 3.40. The molecule has 0 radical (unpaired) electrons. The summed E-state index contributed by atoms with van der Waals surface area (Å²) < 4.78 is 6.82. The van der Waals surface area contributed by atoms with E-state index in [1.807, 2.05) is 0 Å². The van der Waals surface area contributed by atoms with Crippen LogP contribution in [-0.2, 0) is 9.53 Å². The van der Waals surface area contributed by atoms with Gasteiger partial charge >= 0.3 is 5.97 Å². The largest absolute Gasteiger partial charge is 0.449 e. The number of aromatic nitrogens is 4. The van der Waals surface area contributed by atoms with E-state index in [1.54, 1.807) is 31.2 Å². The molecule has 1 N–H and O–H groups in total. The van der Waals surface area contributed by atoms with Gasteiger partial charge in [-0.1, -0.05) is 26.7 Å². The first-order valence-electron chi connectivity index (χ1n) is 9.30. The third-order valence-electron chi connectivity index (χ3n) is 5.40. The number of carbonyl (C=O) groups excluding carboxylic acids is 2. The summed E-state index contributed by atoms with van der Waals surface area (Å²) in [4.78, 5) is 24.7. The Morgan fingerprint density at radius 2 is 1.96 bits per heavy atom. The van der Waals surface area contributed by atoms with Crippen molar-refractivity contribution in [2.45, 2.75) is 52.2 Å². The minimum atomic E-state index is -0.846. The first kappa shape index (κ1) is 19.0. The first-order chi connectivity index (χ1) is 13.0. The van der Waals surface area contributed by atoms with Crippen molar-refractivity contribution in [3.8, 4) is 5.69 Å². The van der Waals surface area contributed by atoms with Crippen LogP contribution in [0.1, 0.15) is 50.4 Å². The number of benzene rings is 1. The second-order valence-electron chi connectivity index (χ2n) is 7.23. The van der Waals surface area contributed by atoms with Crippen LogP contribution in [0.3, 0.4) is 0 Å². The molecule has 1 fully saturated rings. The average Bonchev–Trinajstić information content (AvgIpc) is 3.20. The number of esters is 1. The SMILES string of the molecule is C[C@@H]1[C@H](C)CCC[C@H]1NC(=O)[C@@H](C)OC(=O)c1ccc(-n2cnnn2)cc1. The Balaban J connectivity index is 1.56. The number of rotatable bonds is 5. The van der Waals surface area contributed by atoms with Crippen LogP contribution < -0.4 is 5.32 Å². The molecule has 1 aliphatic rings. The van der Waals surface area contributed by atoms with E-state index in [2.05, 4.69) is 34.7 Å². The van der Waals surface area contributed by atoms with E-state index in [-0.39, 0.29) is 11.9 Å². The minimum absolute atomic E-state index is 0.137. The zero-order valence-corrected chi connectivity index (χ0v) is 15.8. The lowest BCUT2D eigenvalue weighted by atomic mass is 9.78. The third-order valence-corrected chi connectivity index (χ3v) is 5.40. The fraction of sp³-hybridized carbons (Fsp3) is 0.526. The number of carbonyl (C=O) groups is 2. The molecule has 27 heavy (non-hydrogen) atoms. The van der Waals surface area contributed by atoms with Gasteiger partial charge in [0.1, 0.15) is 6.33 Å². The lowest BCUT2D eigenvalue weighted by Gasteiger charge is -2.35. The molecule has 1 saturated carbocycles. The van der Waals surface area contributed by atoms with E-state index < -0.39 is 12.1 Å². The molecule has 0 spiro atoms. The summed E-state index contributed by atoms with van der Waals surface area (Å²) in [6.07, 6.45) is 3.89. The molecule has 1 aromatic heterocycles. The molecule has 0 unspecified atom stereocenters. The molecule has 8 heteroatoms. The van der Waals surface area contributed by atoms with E-state index in [0.29, 0.717) is 17.4 Å². The lowest BCUT2D eigenvalue weighted by molar-refractivity contribution is -0.130. The van der Waals surface area contributed by atoms with Crippen LogP contribution in [0.2, 0.25) is 0 Å². The number of hydrogen-bond donors (Lipinski definition) is 1.